The van der Waals surface area contributed by atoms with Crippen LogP contribution in [0, 0.1) is 0 Å². The molecule has 192 valence electrons. The highest BCUT2D eigenvalue weighted by molar-refractivity contribution is 6.23. The Hall–Kier alpha value is -5.46. The summed E-state index contributed by atoms with van der Waals surface area (Å²) in [6.45, 7) is 0. The summed E-state index contributed by atoms with van der Waals surface area (Å²) in [5.74, 6) is 0. The molecule has 0 heterocycles. The molecule has 0 spiro atoms. The molecule has 0 radical (unpaired) electrons. The average Bonchev–Trinajstić information content (AvgIpc) is 3.58. The number of hydrogen-bond donors (Lipinski definition) is 0. The first-order valence-electron chi connectivity index (χ1n) is 14.7. The van der Waals surface area contributed by atoms with Crippen molar-refractivity contribution < 1.29 is 0 Å². The lowest BCUT2D eigenvalue weighted by Gasteiger charge is -2.17. The van der Waals surface area contributed by atoms with E-state index in [-0.39, 0.29) is 0 Å². The first-order valence-corrected chi connectivity index (χ1v) is 14.7. The zero-order chi connectivity index (χ0) is 27.4. The van der Waals surface area contributed by atoms with Crippen LogP contribution < -0.4 is 0 Å². The topological polar surface area (TPSA) is 0 Å². The predicted molar refractivity (Wildman–Crippen MR) is 179 cm³/mol. The van der Waals surface area contributed by atoms with Gasteiger partial charge < -0.3 is 0 Å². The molecule has 0 saturated carbocycles. The normalized spacial score (nSPS) is 12.3. The van der Waals surface area contributed by atoms with Crippen LogP contribution in [0.5, 0.6) is 0 Å². The number of hydrogen-bond acceptors (Lipinski definition) is 0. The fourth-order valence-corrected chi connectivity index (χ4v) is 7.86. The Morgan fingerprint density at radius 3 is 1.07 bits per heavy atom. The molecular formula is C42H24. The molecule has 42 heavy (non-hydrogen) atoms. The van der Waals surface area contributed by atoms with E-state index in [2.05, 4.69) is 146 Å². The van der Waals surface area contributed by atoms with E-state index in [1.165, 1.54) is 99.1 Å². The highest BCUT2D eigenvalue weighted by Crippen LogP contribution is 2.54. The van der Waals surface area contributed by atoms with Crippen LogP contribution in [-0.4, -0.2) is 0 Å². The Balaban J connectivity index is 1.27. The van der Waals surface area contributed by atoms with Crippen molar-refractivity contribution in [3.05, 3.63) is 146 Å². The number of benzene rings is 8. The zero-order valence-electron chi connectivity index (χ0n) is 22.9. The van der Waals surface area contributed by atoms with Gasteiger partial charge >= 0.3 is 0 Å². The Morgan fingerprint density at radius 1 is 0.214 bits per heavy atom. The van der Waals surface area contributed by atoms with E-state index >= 15 is 0 Å². The van der Waals surface area contributed by atoms with Gasteiger partial charge in [-0.3, -0.25) is 0 Å². The van der Waals surface area contributed by atoms with Crippen LogP contribution in [0.4, 0.5) is 0 Å². The predicted octanol–water partition coefficient (Wildman–Crippen LogP) is 11.8. The van der Waals surface area contributed by atoms with E-state index in [0.29, 0.717) is 0 Å². The lowest BCUT2D eigenvalue weighted by atomic mass is 9.86. The second-order valence-electron chi connectivity index (χ2n) is 11.6. The van der Waals surface area contributed by atoms with Crippen LogP contribution >= 0.6 is 0 Å². The second-order valence-corrected chi connectivity index (χ2v) is 11.6. The van der Waals surface area contributed by atoms with E-state index in [1.54, 1.807) is 0 Å². The van der Waals surface area contributed by atoms with E-state index < -0.39 is 0 Å². The lowest BCUT2D eigenvalue weighted by Crippen LogP contribution is -1.90. The Morgan fingerprint density at radius 2 is 0.595 bits per heavy atom. The van der Waals surface area contributed by atoms with Crippen molar-refractivity contribution in [1.29, 1.82) is 0 Å². The number of fused-ring (bicyclic) bond motifs is 7. The molecule has 0 atom stereocenters. The standard InChI is InChI=1S/C42H24/c1-2-12-28-27(11-1)31(37-21-19-25-9-7-17-33-29-13-3-5-15-35(29)41(37)39(25)33)23-24-32(28)38-22-20-26-10-8-18-34-30-14-4-6-16-36(30)42(38)40(26)34/h1-24H. The molecule has 0 saturated heterocycles. The zero-order valence-corrected chi connectivity index (χ0v) is 22.9. The lowest BCUT2D eigenvalue weighted by molar-refractivity contribution is 1.64. The third-order valence-electron chi connectivity index (χ3n) is 9.57. The summed E-state index contributed by atoms with van der Waals surface area (Å²) < 4.78 is 0. The Bertz CT molecular complexity index is 2280. The van der Waals surface area contributed by atoms with Gasteiger partial charge in [0.2, 0.25) is 0 Å². The highest BCUT2D eigenvalue weighted by atomic mass is 14.3. The summed E-state index contributed by atoms with van der Waals surface area (Å²) in [6.07, 6.45) is 0. The minimum absolute atomic E-state index is 1.29. The fraction of sp³-hybridized carbons (Fsp3) is 0. The van der Waals surface area contributed by atoms with Gasteiger partial charge in [0, 0.05) is 0 Å². The molecule has 0 aliphatic heterocycles. The minimum Gasteiger partial charge on any atom is -0.0616 e. The van der Waals surface area contributed by atoms with E-state index in [1.807, 2.05) is 0 Å². The molecule has 0 nitrogen and oxygen atoms in total. The molecule has 0 bridgehead atoms. The van der Waals surface area contributed by atoms with Crippen LogP contribution in [0.2, 0.25) is 0 Å². The molecule has 0 heteroatoms. The van der Waals surface area contributed by atoms with E-state index in [0.717, 1.165) is 0 Å². The summed E-state index contributed by atoms with van der Waals surface area (Å²) in [5.41, 5.74) is 15.9. The van der Waals surface area contributed by atoms with Gasteiger partial charge in [-0.2, -0.15) is 0 Å². The van der Waals surface area contributed by atoms with Gasteiger partial charge in [-0.05, 0) is 99.1 Å². The van der Waals surface area contributed by atoms with Crippen molar-refractivity contribution in [2.75, 3.05) is 0 Å². The number of rotatable bonds is 2. The van der Waals surface area contributed by atoms with Gasteiger partial charge in [0.25, 0.3) is 0 Å². The summed E-state index contributed by atoms with van der Waals surface area (Å²) >= 11 is 0. The van der Waals surface area contributed by atoms with Crippen molar-refractivity contribution in [2.45, 2.75) is 0 Å². The van der Waals surface area contributed by atoms with Gasteiger partial charge in [-0.15, -0.1) is 0 Å². The van der Waals surface area contributed by atoms with Gasteiger partial charge in [-0.25, -0.2) is 0 Å². The van der Waals surface area contributed by atoms with Gasteiger partial charge in [0.15, 0.2) is 0 Å². The fourth-order valence-electron chi connectivity index (χ4n) is 7.86. The van der Waals surface area contributed by atoms with Gasteiger partial charge in [-0.1, -0.05) is 146 Å². The molecule has 0 N–H and O–H groups in total. The van der Waals surface area contributed by atoms with Crippen LogP contribution in [0.3, 0.4) is 0 Å². The Kier molecular flexibility index (Phi) is 4.27. The Labute approximate surface area is 244 Å². The van der Waals surface area contributed by atoms with Crippen molar-refractivity contribution in [3.63, 3.8) is 0 Å². The van der Waals surface area contributed by atoms with Crippen molar-refractivity contribution in [3.8, 4) is 66.8 Å². The molecule has 8 aromatic carbocycles. The molecule has 0 unspecified atom stereocenters. The summed E-state index contributed by atoms with van der Waals surface area (Å²) in [5, 5.41) is 7.93. The largest absolute Gasteiger partial charge is 0.0616 e. The van der Waals surface area contributed by atoms with Crippen LogP contribution in [0.1, 0.15) is 0 Å². The molecule has 0 amide bonds. The first kappa shape index (κ1) is 22.3. The maximum absolute atomic E-state index is 2.36. The third kappa shape index (κ3) is 2.77. The third-order valence-corrected chi connectivity index (χ3v) is 9.57. The molecule has 0 aromatic heterocycles. The second kappa shape index (κ2) is 8.06. The van der Waals surface area contributed by atoms with Crippen molar-refractivity contribution in [2.24, 2.45) is 0 Å². The maximum atomic E-state index is 2.36. The molecule has 0 fully saturated rings. The SMILES string of the molecule is c1ccc2c(c1)-c1cccc3ccc(-c4ccc(-c5ccc6cccc7c6c5-c5ccccc5-7)c5ccccc45)c-2c13. The average molecular weight is 529 g/mol. The van der Waals surface area contributed by atoms with Gasteiger partial charge in [0.05, 0.1) is 0 Å². The maximum Gasteiger partial charge on any atom is -0.00141 e. The van der Waals surface area contributed by atoms with Crippen LogP contribution in [0.15, 0.2) is 146 Å². The van der Waals surface area contributed by atoms with Crippen molar-refractivity contribution >= 4 is 32.3 Å². The van der Waals surface area contributed by atoms with Crippen molar-refractivity contribution in [1.82, 2.24) is 0 Å². The quantitative estimate of drug-likeness (QED) is 0.209. The molecule has 8 aromatic rings. The molecule has 2 aliphatic carbocycles. The molecule has 10 rings (SSSR count). The van der Waals surface area contributed by atoms with Gasteiger partial charge in [0.1, 0.15) is 0 Å². The summed E-state index contributed by atoms with van der Waals surface area (Å²) in [4.78, 5) is 0. The highest BCUT2D eigenvalue weighted by Gasteiger charge is 2.27. The molecule has 2 aliphatic rings. The van der Waals surface area contributed by atoms with Crippen LogP contribution in [0.25, 0.3) is 99.1 Å². The minimum atomic E-state index is 1.29. The summed E-state index contributed by atoms with van der Waals surface area (Å²) in [6, 6.07) is 54.1. The monoisotopic (exact) mass is 528 g/mol. The smallest absolute Gasteiger partial charge is 0.00141 e. The first-order chi connectivity index (χ1) is 20.9. The van der Waals surface area contributed by atoms with E-state index in [4.69, 9.17) is 0 Å². The molecular weight excluding hydrogens is 504 g/mol. The summed E-state index contributed by atoms with van der Waals surface area (Å²) in [7, 11) is 0. The van der Waals surface area contributed by atoms with E-state index in [9.17, 15) is 0 Å². The van der Waals surface area contributed by atoms with Crippen LogP contribution in [-0.2, 0) is 0 Å².